The third-order valence-electron chi connectivity index (χ3n) is 7.01. The highest BCUT2D eigenvalue weighted by Crippen LogP contribution is 2.23. The van der Waals surface area contributed by atoms with Gasteiger partial charge < -0.3 is 8.23 Å². The maximum atomic E-state index is 8.01. The molecule has 0 aromatic heterocycles. The summed E-state index contributed by atoms with van der Waals surface area (Å²) >= 11 is 0. The van der Waals surface area contributed by atoms with E-state index in [1.165, 1.54) is 20.7 Å². The molecule has 6 heteroatoms. The van der Waals surface area contributed by atoms with Gasteiger partial charge in [-0.1, -0.05) is 140 Å². The summed E-state index contributed by atoms with van der Waals surface area (Å²) < 4.78 is 14.8. The lowest BCUT2D eigenvalue weighted by Gasteiger charge is -2.42. The largest absolute Gasteiger partial charge is 0.453 e. The van der Waals surface area contributed by atoms with Crippen molar-refractivity contribution in [3.63, 3.8) is 0 Å². The fourth-order valence-corrected chi connectivity index (χ4v) is 24.2. The molecule has 0 radical (unpaired) electrons. The molecule has 202 valence electrons. The van der Waals surface area contributed by atoms with E-state index in [0.717, 1.165) is 6.04 Å². The Kier molecular flexibility index (Phi) is 9.26. The summed E-state index contributed by atoms with van der Waals surface area (Å²) in [7, 11) is -9.40. The summed E-state index contributed by atoms with van der Waals surface area (Å²) in [5.41, 5.74) is 4.88. The van der Waals surface area contributed by atoms with E-state index in [-0.39, 0.29) is 0 Å². The van der Waals surface area contributed by atoms with Crippen molar-refractivity contribution < 1.29 is 8.23 Å². The van der Waals surface area contributed by atoms with Crippen LogP contribution in [0.4, 0.5) is 0 Å². The van der Waals surface area contributed by atoms with Crippen molar-refractivity contribution in [3.8, 4) is 0 Å². The maximum absolute atomic E-state index is 8.01. The van der Waals surface area contributed by atoms with Crippen LogP contribution in [0.2, 0.25) is 38.8 Å². The van der Waals surface area contributed by atoms with E-state index in [1.807, 2.05) is 0 Å². The summed E-state index contributed by atoms with van der Waals surface area (Å²) in [5, 5.41) is 5.15. The summed E-state index contributed by atoms with van der Waals surface area (Å²) in [6, 6.07) is 44.7. The summed E-state index contributed by atoms with van der Waals surface area (Å²) in [6.45, 7) is 13.8. The normalized spacial score (nSPS) is 13.1. The molecule has 0 aliphatic rings. The molecular formula is C33H42O2Si4. The van der Waals surface area contributed by atoms with Crippen LogP contribution in [0.1, 0.15) is 6.92 Å². The van der Waals surface area contributed by atoms with Gasteiger partial charge in [0.1, 0.15) is 0 Å². The van der Waals surface area contributed by atoms with Crippen LogP contribution in [-0.4, -0.2) is 33.3 Å². The van der Waals surface area contributed by atoms with Crippen LogP contribution in [-0.2, 0) is 8.23 Å². The molecule has 0 aliphatic carbocycles. The van der Waals surface area contributed by atoms with Gasteiger partial charge in [-0.3, -0.25) is 0 Å². The lowest BCUT2D eigenvalue weighted by molar-refractivity contribution is 0.563. The van der Waals surface area contributed by atoms with Gasteiger partial charge in [-0.2, -0.15) is 0 Å². The lowest BCUT2D eigenvalue weighted by atomic mass is 10.4. The fourth-order valence-electron chi connectivity index (χ4n) is 5.48. The van der Waals surface area contributed by atoms with Crippen LogP contribution in [0.15, 0.2) is 133 Å². The van der Waals surface area contributed by atoms with Crippen LogP contribution in [0.5, 0.6) is 0 Å². The average molecular weight is 583 g/mol. The molecule has 4 rings (SSSR count). The van der Waals surface area contributed by atoms with Crippen LogP contribution in [0.25, 0.3) is 0 Å². The Morgan fingerprint density at radius 3 is 1.18 bits per heavy atom. The first-order valence-electron chi connectivity index (χ1n) is 13.9. The average Bonchev–Trinajstić information content (AvgIpc) is 2.94. The van der Waals surface area contributed by atoms with Crippen molar-refractivity contribution >= 4 is 54.0 Å². The first-order valence-corrected chi connectivity index (χ1v) is 24.4. The Morgan fingerprint density at radius 1 is 0.487 bits per heavy atom. The first kappa shape index (κ1) is 29.4. The maximum Gasteiger partial charge on any atom is 0.270 e. The Hall–Kier alpha value is -2.59. The van der Waals surface area contributed by atoms with Crippen molar-refractivity contribution in [3.05, 3.63) is 133 Å². The quantitative estimate of drug-likeness (QED) is 0.195. The minimum Gasteiger partial charge on any atom is -0.453 e. The molecule has 0 heterocycles. The molecule has 0 fully saturated rings. The third-order valence-corrected chi connectivity index (χ3v) is 22.1. The molecule has 4 aromatic carbocycles. The highest BCUT2D eigenvalue weighted by Gasteiger charge is 2.48. The van der Waals surface area contributed by atoms with Crippen molar-refractivity contribution in [2.24, 2.45) is 0 Å². The minimum atomic E-state index is -2.90. The predicted octanol–water partition coefficient (Wildman–Crippen LogP) is 6.23. The van der Waals surface area contributed by atoms with Gasteiger partial charge >= 0.3 is 0 Å². The molecular weight excluding hydrogens is 541 g/mol. The topological polar surface area (TPSA) is 18.5 Å². The highest BCUT2D eigenvalue weighted by molar-refractivity contribution is 7.11. The van der Waals surface area contributed by atoms with Crippen LogP contribution in [0, 0.1) is 0 Å². The zero-order chi connectivity index (χ0) is 28.0. The molecule has 0 amide bonds. The Morgan fingerprint density at radius 2 is 0.846 bits per heavy atom. The van der Waals surface area contributed by atoms with Gasteiger partial charge in [-0.05, 0) is 59.5 Å². The van der Waals surface area contributed by atoms with Gasteiger partial charge in [0.05, 0.1) is 0 Å². The molecule has 4 aromatic rings. The van der Waals surface area contributed by atoms with Gasteiger partial charge in [-0.15, -0.1) is 0 Å². The molecule has 0 unspecified atom stereocenters. The lowest BCUT2D eigenvalue weighted by Crippen LogP contribution is -2.72. The van der Waals surface area contributed by atoms with E-state index in [9.17, 15) is 0 Å². The number of hydrogen-bond donors (Lipinski definition) is 0. The highest BCUT2D eigenvalue weighted by atomic mass is 28.4. The fraction of sp³-hybridized carbons (Fsp3) is 0.212. The minimum absolute atomic E-state index is 0.940. The summed E-state index contributed by atoms with van der Waals surface area (Å²) in [5.74, 6) is 0. The summed E-state index contributed by atoms with van der Waals surface area (Å²) in [6.07, 6.45) is 0. The third kappa shape index (κ3) is 6.95. The van der Waals surface area contributed by atoms with E-state index < -0.39 is 33.3 Å². The van der Waals surface area contributed by atoms with Gasteiger partial charge in [0.25, 0.3) is 8.32 Å². The predicted molar refractivity (Wildman–Crippen MR) is 178 cm³/mol. The summed E-state index contributed by atoms with van der Waals surface area (Å²) in [4.78, 5) is 0. The second-order valence-corrected chi connectivity index (χ2v) is 27.5. The van der Waals surface area contributed by atoms with Gasteiger partial charge in [0, 0.05) is 0 Å². The van der Waals surface area contributed by atoms with E-state index in [4.69, 9.17) is 8.23 Å². The Bertz CT molecular complexity index is 1260. The zero-order valence-corrected chi connectivity index (χ0v) is 28.2. The SMILES string of the molecule is CC[Si](O[Si](C=C[Si](C)(C)O[Si](C)(C)C)(c1ccccc1)c1ccccc1)(c1ccccc1)c1ccccc1. The van der Waals surface area contributed by atoms with Gasteiger partial charge in [0.2, 0.25) is 8.32 Å². The van der Waals surface area contributed by atoms with E-state index in [0.29, 0.717) is 0 Å². The number of benzene rings is 4. The zero-order valence-electron chi connectivity index (χ0n) is 24.2. The molecule has 0 bridgehead atoms. The Labute approximate surface area is 239 Å². The second-order valence-electron chi connectivity index (χ2n) is 11.6. The molecule has 2 nitrogen and oxygen atoms in total. The van der Waals surface area contributed by atoms with Gasteiger partial charge in [0.15, 0.2) is 16.6 Å². The van der Waals surface area contributed by atoms with Crippen LogP contribution < -0.4 is 20.7 Å². The molecule has 0 saturated carbocycles. The van der Waals surface area contributed by atoms with E-state index in [1.54, 1.807) is 0 Å². The molecule has 0 spiro atoms. The first-order chi connectivity index (χ1) is 18.6. The smallest absolute Gasteiger partial charge is 0.270 e. The molecule has 0 saturated heterocycles. The van der Waals surface area contributed by atoms with Crippen LogP contribution >= 0.6 is 0 Å². The standard InChI is InChI=1S/C33H42O2Si4/c1-7-38(30-20-12-8-13-21-30,31-22-14-9-15-23-31)35-39(32-24-16-10-17-25-32,33-26-18-11-19-27-33)29-28-37(5,6)34-36(2,3)4/h8-29H,7H2,1-6H3. The van der Waals surface area contributed by atoms with Gasteiger partial charge in [-0.25, -0.2) is 0 Å². The molecule has 0 atom stereocenters. The van der Waals surface area contributed by atoms with Crippen molar-refractivity contribution in [1.82, 2.24) is 0 Å². The number of hydrogen-bond acceptors (Lipinski definition) is 2. The molecule has 39 heavy (non-hydrogen) atoms. The molecule has 0 aliphatic heterocycles. The second kappa shape index (κ2) is 12.3. The van der Waals surface area contributed by atoms with Crippen molar-refractivity contribution in [1.29, 1.82) is 0 Å². The number of rotatable bonds is 11. The monoisotopic (exact) mass is 582 g/mol. The van der Waals surface area contributed by atoms with E-state index in [2.05, 4.69) is 172 Å². The molecule has 0 N–H and O–H groups in total. The Balaban J connectivity index is 2.02. The van der Waals surface area contributed by atoms with E-state index >= 15 is 0 Å². The van der Waals surface area contributed by atoms with Crippen LogP contribution in [0.3, 0.4) is 0 Å². The van der Waals surface area contributed by atoms with Crippen molar-refractivity contribution in [2.45, 2.75) is 45.7 Å². The van der Waals surface area contributed by atoms with Crippen molar-refractivity contribution in [2.75, 3.05) is 0 Å².